The fourth-order valence-electron chi connectivity index (χ4n) is 2.17. The van der Waals surface area contributed by atoms with E-state index in [1.54, 1.807) is 0 Å². The molecular formula is C11H13Cl2N. The van der Waals surface area contributed by atoms with E-state index in [0.29, 0.717) is 0 Å². The Morgan fingerprint density at radius 1 is 1.07 bits per heavy atom. The standard InChI is InChI=1S/C11H11N.2ClH/c1-3-9-5-2-7-12-8-6-10(4-1)11(9)12;;/h1,3-4,6,8H,2,5,7H2;2*1H. The van der Waals surface area contributed by atoms with E-state index in [1.807, 2.05) is 0 Å². The summed E-state index contributed by atoms with van der Waals surface area (Å²) in [5.74, 6) is 0. The van der Waals surface area contributed by atoms with Gasteiger partial charge < -0.3 is 4.57 Å². The van der Waals surface area contributed by atoms with Crippen molar-refractivity contribution in [3.8, 4) is 0 Å². The van der Waals surface area contributed by atoms with E-state index in [2.05, 4.69) is 35.0 Å². The molecule has 0 unspecified atom stereocenters. The zero-order valence-electron chi connectivity index (χ0n) is 7.77. The van der Waals surface area contributed by atoms with Crippen molar-refractivity contribution in [2.24, 2.45) is 0 Å². The fraction of sp³-hybridized carbons (Fsp3) is 0.273. The van der Waals surface area contributed by atoms with Gasteiger partial charge in [-0.1, -0.05) is 18.2 Å². The van der Waals surface area contributed by atoms with E-state index in [9.17, 15) is 0 Å². The number of nitrogens with zero attached hydrogens (tertiary/aromatic N) is 1. The Kier molecular flexibility index (Phi) is 3.46. The summed E-state index contributed by atoms with van der Waals surface area (Å²) in [6.07, 6.45) is 4.75. The molecule has 2 heterocycles. The molecule has 0 saturated heterocycles. The highest BCUT2D eigenvalue weighted by Gasteiger charge is 2.10. The first kappa shape index (κ1) is 11.4. The smallest absolute Gasteiger partial charge is 0.0512 e. The molecule has 3 rings (SSSR count). The van der Waals surface area contributed by atoms with Crippen molar-refractivity contribution in [2.75, 3.05) is 0 Å². The van der Waals surface area contributed by atoms with Gasteiger partial charge in [0.15, 0.2) is 0 Å². The number of para-hydroxylation sites is 1. The van der Waals surface area contributed by atoms with Crippen molar-refractivity contribution < 1.29 is 0 Å². The van der Waals surface area contributed by atoms with Gasteiger partial charge in [-0.2, -0.15) is 0 Å². The van der Waals surface area contributed by atoms with Gasteiger partial charge in [0.2, 0.25) is 0 Å². The lowest BCUT2D eigenvalue weighted by Gasteiger charge is -2.14. The average Bonchev–Trinajstić information content (AvgIpc) is 2.52. The van der Waals surface area contributed by atoms with Crippen LogP contribution in [0.5, 0.6) is 0 Å². The average molecular weight is 230 g/mol. The summed E-state index contributed by atoms with van der Waals surface area (Å²) >= 11 is 0. The normalized spacial score (nSPS) is 13.1. The van der Waals surface area contributed by atoms with Gasteiger partial charge in [-0.25, -0.2) is 0 Å². The molecule has 3 heteroatoms. The maximum atomic E-state index is 2.37. The lowest BCUT2D eigenvalue weighted by atomic mass is 10.0. The minimum absolute atomic E-state index is 0. The van der Waals surface area contributed by atoms with E-state index in [-0.39, 0.29) is 24.8 Å². The second-order valence-corrected chi connectivity index (χ2v) is 3.47. The largest absolute Gasteiger partial charge is 0.347 e. The van der Waals surface area contributed by atoms with E-state index < -0.39 is 0 Å². The molecule has 1 aromatic heterocycles. The Morgan fingerprint density at radius 3 is 2.79 bits per heavy atom. The minimum Gasteiger partial charge on any atom is -0.347 e. The summed E-state index contributed by atoms with van der Waals surface area (Å²) in [5, 5.41) is 1.40. The van der Waals surface area contributed by atoms with Crippen LogP contribution in [-0.2, 0) is 13.0 Å². The summed E-state index contributed by atoms with van der Waals surface area (Å²) in [6.45, 7) is 1.19. The zero-order valence-corrected chi connectivity index (χ0v) is 9.40. The van der Waals surface area contributed by atoms with Crippen LogP contribution in [0.4, 0.5) is 0 Å². The number of aromatic nitrogens is 1. The lowest BCUT2D eigenvalue weighted by molar-refractivity contribution is 0.636. The number of hydrogen-bond donors (Lipinski definition) is 0. The molecule has 0 aliphatic carbocycles. The van der Waals surface area contributed by atoms with Crippen LogP contribution < -0.4 is 0 Å². The predicted octanol–water partition coefficient (Wildman–Crippen LogP) is 3.43. The summed E-state index contributed by atoms with van der Waals surface area (Å²) in [6, 6.07) is 8.82. The molecule has 14 heavy (non-hydrogen) atoms. The third-order valence-electron chi connectivity index (χ3n) is 2.72. The van der Waals surface area contributed by atoms with Crippen molar-refractivity contribution in [2.45, 2.75) is 19.4 Å². The molecule has 0 amide bonds. The van der Waals surface area contributed by atoms with Crippen molar-refractivity contribution in [1.82, 2.24) is 4.57 Å². The molecule has 0 atom stereocenters. The van der Waals surface area contributed by atoms with Crippen LogP contribution in [0.2, 0.25) is 0 Å². The predicted molar refractivity (Wildman–Crippen MR) is 64.8 cm³/mol. The first-order valence-corrected chi connectivity index (χ1v) is 4.52. The van der Waals surface area contributed by atoms with Gasteiger partial charge in [0, 0.05) is 12.7 Å². The Morgan fingerprint density at radius 2 is 1.93 bits per heavy atom. The second-order valence-electron chi connectivity index (χ2n) is 3.47. The number of rotatable bonds is 0. The van der Waals surface area contributed by atoms with Crippen LogP contribution in [0, 0.1) is 0 Å². The molecule has 0 fully saturated rings. The lowest BCUT2D eigenvalue weighted by Crippen LogP contribution is -2.05. The van der Waals surface area contributed by atoms with E-state index >= 15 is 0 Å². The zero-order chi connectivity index (χ0) is 7.97. The monoisotopic (exact) mass is 229 g/mol. The summed E-state index contributed by atoms with van der Waals surface area (Å²) < 4.78 is 2.37. The highest BCUT2D eigenvalue weighted by molar-refractivity contribution is 5.85. The molecule has 0 spiro atoms. The Hall–Kier alpha value is -0.660. The number of aryl methyl sites for hydroxylation is 2. The number of hydrogen-bond acceptors (Lipinski definition) is 0. The molecule has 76 valence electrons. The summed E-state index contributed by atoms with van der Waals surface area (Å²) in [7, 11) is 0. The molecule has 0 saturated carbocycles. The SMILES string of the molecule is Cl.Cl.c1cc2c3c(c1)ccn3CCC2. The highest BCUT2D eigenvalue weighted by Crippen LogP contribution is 2.25. The molecule has 2 aromatic rings. The van der Waals surface area contributed by atoms with Crippen LogP contribution in [-0.4, -0.2) is 4.57 Å². The van der Waals surface area contributed by atoms with Crippen LogP contribution in [0.3, 0.4) is 0 Å². The second kappa shape index (κ2) is 4.24. The summed E-state index contributed by atoms with van der Waals surface area (Å²) in [4.78, 5) is 0. The van der Waals surface area contributed by atoms with Gasteiger partial charge in [0.25, 0.3) is 0 Å². The quantitative estimate of drug-likeness (QED) is 0.653. The maximum Gasteiger partial charge on any atom is 0.0512 e. The van der Waals surface area contributed by atoms with Crippen molar-refractivity contribution >= 4 is 35.7 Å². The van der Waals surface area contributed by atoms with Gasteiger partial charge in [-0.05, 0) is 29.9 Å². The van der Waals surface area contributed by atoms with Crippen LogP contribution in [0.25, 0.3) is 10.9 Å². The van der Waals surface area contributed by atoms with Crippen molar-refractivity contribution in [1.29, 1.82) is 0 Å². The van der Waals surface area contributed by atoms with Crippen LogP contribution in [0.15, 0.2) is 30.5 Å². The third kappa shape index (κ3) is 1.51. The van der Waals surface area contributed by atoms with E-state index in [0.717, 1.165) is 0 Å². The Labute approximate surface area is 95.9 Å². The van der Waals surface area contributed by atoms with E-state index in [1.165, 1.54) is 35.9 Å². The maximum absolute atomic E-state index is 2.37. The topological polar surface area (TPSA) is 4.93 Å². The van der Waals surface area contributed by atoms with Crippen LogP contribution >= 0.6 is 24.8 Å². The molecular weight excluding hydrogens is 217 g/mol. The third-order valence-corrected chi connectivity index (χ3v) is 2.72. The van der Waals surface area contributed by atoms with Gasteiger partial charge in [-0.15, -0.1) is 24.8 Å². The molecule has 0 radical (unpaired) electrons. The van der Waals surface area contributed by atoms with Gasteiger partial charge in [0.05, 0.1) is 5.52 Å². The molecule has 0 N–H and O–H groups in total. The van der Waals surface area contributed by atoms with Gasteiger partial charge >= 0.3 is 0 Å². The van der Waals surface area contributed by atoms with Gasteiger partial charge in [-0.3, -0.25) is 0 Å². The van der Waals surface area contributed by atoms with E-state index in [4.69, 9.17) is 0 Å². The molecule has 1 aromatic carbocycles. The molecule has 1 aliphatic rings. The molecule has 1 aliphatic heterocycles. The highest BCUT2D eigenvalue weighted by atomic mass is 35.5. The summed E-state index contributed by atoms with van der Waals surface area (Å²) in [5.41, 5.74) is 2.98. The Balaban J connectivity index is 0.000000490. The number of benzene rings is 1. The Bertz CT molecular complexity index is 434. The van der Waals surface area contributed by atoms with Gasteiger partial charge in [0.1, 0.15) is 0 Å². The first-order chi connectivity index (χ1) is 5.95. The molecule has 0 bridgehead atoms. The number of halogens is 2. The fourth-order valence-corrected chi connectivity index (χ4v) is 2.17. The minimum atomic E-state index is 0. The van der Waals surface area contributed by atoms with Crippen molar-refractivity contribution in [3.05, 3.63) is 36.0 Å². The van der Waals surface area contributed by atoms with Crippen molar-refractivity contribution in [3.63, 3.8) is 0 Å². The molecule has 1 nitrogen and oxygen atoms in total. The van der Waals surface area contributed by atoms with Crippen LogP contribution in [0.1, 0.15) is 12.0 Å². The first-order valence-electron chi connectivity index (χ1n) is 4.52.